The largest absolute Gasteiger partial charge is 0.478 e. The summed E-state index contributed by atoms with van der Waals surface area (Å²) in [6.07, 6.45) is 8.65. The average molecular weight is 503 g/mol. The number of carboxylic acids is 1. The fourth-order valence-corrected chi connectivity index (χ4v) is 4.79. The lowest BCUT2D eigenvalue weighted by Crippen LogP contribution is -2.07. The number of pyridine rings is 4. The van der Waals surface area contributed by atoms with E-state index < -0.39 is 5.97 Å². The topological polar surface area (TPSA) is 120 Å². The summed E-state index contributed by atoms with van der Waals surface area (Å²) in [5.74, 6) is -0.0675. The number of carbonyl (C=O) groups is 1. The summed E-state index contributed by atoms with van der Waals surface area (Å²) in [6.45, 7) is 3.78. The minimum atomic E-state index is -1.03. The third kappa shape index (κ3) is 4.00. The van der Waals surface area contributed by atoms with Crippen molar-refractivity contribution in [3.05, 3.63) is 120 Å². The number of aromatic carboxylic acids is 1. The summed E-state index contributed by atoms with van der Waals surface area (Å²) < 4.78 is 7.29. The monoisotopic (exact) mass is 502 g/mol. The molecule has 9 heteroatoms. The maximum absolute atomic E-state index is 11.4. The molecule has 0 radical (unpaired) electrons. The normalized spacial score (nSPS) is 11.3. The van der Waals surface area contributed by atoms with Gasteiger partial charge in [-0.05, 0) is 61.9 Å². The molecule has 0 fully saturated rings. The van der Waals surface area contributed by atoms with Crippen molar-refractivity contribution in [3.63, 3.8) is 0 Å². The van der Waals surface area contributed by atoms with Gasteiger partial charge in [0, 0.05) is 47.5 Å². The van der Waals surface area contributed by atoms with Crippen molar-refractivity contribution < 1.29 is 14.4 Å². The predicted molar refractivity (Wildman–Crippen MR) is 140 cm³/mol. The van der Waals surface area contributed by atoms with Crippen LogP contribution < -0.4 is 0 Å². The van der Waals surface area contributed by atoms with Crippen molar-refractivity contribution in [2.45, 2.75) is 19.8 Å². The first-order valence-electron chi connectivity index (χ1n) is 12.0. The number of carboxylic acid groups (broad SMARTS) is 1. The van der Waals surface area contributed by atoms with Gasteiger partial charge in [0.1, 0.15) is 17.2 Å². The van der Waals surface area contributed by atoms with Crippen LogP contribution >= 0.6 is 0 Å². The van der Waals surface area contributed by atoms with E-state index in [-0.39, 0.29) is 11.5 Å². The van der Waals surface area contributed by atoms with Crippen LogP contribution in [0.2, 0.25) is 0 Å². The molecule has 9 nitrogen and oxygen atoms in total. The van der Waals surface area contributed by atoms with E-state index in [0.717, 1.165) is 39.2 Å². The van der Waals surface area contributed by atoms with Crippen molar-refractivity contribution in [3.8, 4) is 16.9 Å². The quantitative estimate of drug-likeness (QED) is 0.323. The van der Waals surface area contributed by atoms with Crippen molar-refractivity contribution in [1.82, 2.24) is 29.7 Å². The SMILES string of the molecule is Cc1noc(C)c1-c1cnc2c(c1)c(C(c1ccccn1)c1ccccn1)cn2-c1ccc(C(=O)O)cn1. The molecule has 0 amide bonds. The lowest BCUT2D eigenvalue weighted by molar-refractivity contribution is 0.0696. The van der Waals surface area contributed by atoms with E-state index in [2.05, 4.69) is 26.2 Å². The highest BCUT2D eigenvalue weighted by Gasteiger charge is 2.26. The second-order valence-electron chi connectivity index (χ2n) is 8.90. The average Bonchev–Trinajstić information content (AvgIpc) is 3.49. The Morgan fingerprint density at radius 1 is 0.921 bits per heavy atom. The fraction of sp³-hybridized carbons (Fsp3) is 0.103. The van der Waals surface area contributed by atoms with Gasteiger partial charge in [0.05, 0.1) is 28.6 Å². The van der Waals surface area contributed by atoms with E-state index in [1.165, 1.54) is 12.3 Å². The van der Waals surface area contributed by atoms with E-state index in [9.17, 15) is 9.90 Å². The molecule has 0 bridgehead atoms. The lowest BCUT2D eigenvalue weighted by atomic mass is 9.91. The zero-order valence-corrected chi connectivity index (χ0v) is 20.6. The van der Waals surface area contributed by atoms with Crippen LogP contribution in [0.3, 0.4) is 0 Å². The highest BCUT2D eigenvalue weighted by atomic mass is 16.5. The number of hydrogen-bond acceptors (Lipinski definition) is 7. The van der Waals surface area contributed by atoms with Gasteiger partial charge in [-0.2, -0.15) is 0 Å². The molecule has 6 heterocycles. The molecule has 1 N–H and O–H groups in total. The first-order valence-corrected chi connectivity index (χ1v) is 12.0. The van der Waals surface area contributed by atoms with E-state index in [1.807, 2.05) is 61.0 Å². The Morgan fingerprint density at radius 2 is 1.66 bits per heavy atom. The zero-order chi connectivity index (χ0) is 26.2. The molecule has 38 heavy (non-hydrogen) atoms. The molecular formula is C29H22N6O3. The lowest BCUT2D eigenvalue weighted by Gasteiger charge is -2.16. The molecule has 186 valence electrons. The number of aromatic nitrogens is 6. The molecule has 0 aliphatic heterocycles. The Balaban J connectivity index is 1.63. The molecule has 0 atom stereocenters. The summed E-state index contributed by atoms with van der Waals surface area (Å²) in [6, 6.07) is 16.9. The van der Waals surface area contributed by atoms with Gasteiger partial charge in [0.15, 0.2) is 0 Å². The summed E-state index contributed by atoms with van der Waals surface area (Å²) in [5.41, 5.74) is 5.94. The van der Waals surface area contributed by atoms with Gasteiger partial charge < -0.3 is 9.63 Å². The number of rotatable bonds is 6. The molecule has 0 unspecified atom stereocenters. The van der Waals surface area contributed by atoms with Crippen LogP contribution in [0.25, 0.3) is 28.0 Å². The Labute approximate surface area is 217 Å². The second-order valence-corrected chi connectivity index (χ2v) is 8.90. The van der Waals surface area contributed by atoms with Crippen molar-refractivity contribution in [1.29, 1.82) is 0 Å². The van der Waals surface area contributed by atoms with E-state index in [0.29, 0.717) is 17.2 Å². The first-order chi connectivity index (χ1) is 18.5. The highest BCUT2D eigenvalue weighted by molar-refractivity contribution is 5.89. The highest BCUT2D eigenvalue weighted by Crippen LogP contribution is 2.38. The first kappa shape index (κ1) is 23.2. The maximum Gasteiger partial charge on any atom is 0.337 e. The molecule has 0 saturated heterocycles. The van der Waals surface area contributed by atoms with Crippen LogP contribution in [-0.2, 0) is 0 Å². The van der Waals surface area contributed by atoms with Crippen LogP contribution in [0.15, 0.2) is 90.1 Å². The van der Waals surface area contributed by atoms with Crippen LogP contribution in [0, 0.1) is 13.8 Å². The van der Waals surface area contributed by atoms with Gasteiger partial charge in [0.2, 0.25) is 0 Å². The number of hydrogen-bond donors (Lipinski definition) is 1. The Morgan fingerprint density at radius 3 is 2.21 bits per heavy atom. The minimum absolute atomic E-state index is 0.110. The van der Waals surface area contributed by atoms with Crippen LogP contribution in [0.5, 0.6) is 0 Å². The summed E-state index contributed by atoms with van der Waals surface area (Å²) in [4.78, 5) is 30.0. The number of aryl methyl sites for hydroxylation is 2. The van der Waals surface area contributed by atoms with Crippen molar-refractivity contribution in [2.24, 2.45) is 0 Å². The molecular weight excluding hydrogens is 480 g/mol. The zero-order valence-electron chi connectivity index (χ0n) is 20.6. The van der Waals surface area contributed by atoms with Crippen LogP contribution in [0.1, 0.15) is 44.7 Å². The van der Waals surface area contributed by atoms with Crippen LogP contribution in [0.4, 0.5) is 0 Å². The molecule has 6 aromatic heterocycles. The van der Waals surface area contributed by atoms with Gasteiger partial charge in [-0.3, -0.25) is 14.5 Å². The van der Waals surface area contributed by atoms with E-state index in [4.69, 9.17) is 9.51 Å². The molecule has 0 aromatic carbocycles. The van der Waals surface area contributed by atoms with Crippen LogP contribution in [-0.4, -0.2) is 40.7 Å². The number of fused-ring (bicyclic) bond motifs is 1. The third-order valence-corrected chi connectivity index (χ3v) is 6.52. The molecule has 0 spiro atoms. The second kappa shape index (κ2) is 9.36. The summed E-state index contributed by atoms with van der Waals surface area (Å²) in [5, 5.41) is 14.3. The standard InChI is InChI=1S/C29H22N6O3/c1-17-26(18(2)38-34-17)20-13-21-22(27(23-7-3-5-11-30-23)24-8-4-6-12-31-24)16-35(28(21)33-15-20)25-10-9-19(14-32-25)29(36)37/h3-16,27H,1-2H3,(H,36,37). The molecule has 0 aliphatic carbocycles. The van der Waals surface area contributed by atoms with Gasteiger partial charge >= 0.3 is 5.97 Å². The summed E-state index contributed by atoms with van der Waals surface area (Å²) in [7, 11) is 0. The Kier molecular flexibility index (Phi) is 5.72. The van der Waals surface area contributed by atoms with Gasteiger partial charge in [-0.1, -0.05) is 17.3 Å². The van der Waals surface area contributed by atoms with Gasteiger partial charge in [-0.15, -0.1) is 0 Å². The van der Waals surface area contributed by atoms with Crippen molar-refractivity contribution in [2.75, 3.05) is 0 Å². The van der Waals surface area contributed by atoms with Gasteiger partial charge in [0.25, 0.3) is 0 Å². The third-order valence-electron chi connectivity index (χ3n) is 6.52. The predicted octanol–water partition coefficient (Wildman–Crippen LogP) is 5.36. The maximum atomic E-state index is 11.4. The number of nitrogens with zero attached hydrogens (tertiary/aromatic N) is 6. The minimum Gasteiger partial charge on any atom is -0.478 e. The Bertz CT molecular complexity index is 1700. The van der Waals surface area contributed by atoms with E-state index >= 15 is 0 Å². The van der Waals surface area contributed by atoms with E-state index in [1.54, 1.807) is 24.7 Å². The molecule has 0 aliphatic rings. The van der Waals surface area contributed by atoms with Crippen molar-refractivity contribution >= 4 is 17.0 Å². The molecule has 6 rings (SSSR count). The Hall–Kier alpha value is -5.18. The molecule has 0 saturated carbocycles. The summed E-state index contributed by atoms with van der Waals surface area (Å²) >= 11 is 0. The smallest absolute Gasteiger partial charge is 0.337 e. The molecule has 6 aromatic rings. The fourth-order valence-electron chi connectivity index (χ4n) is 4.79. The van der Waals surface area contributed by atoms with Gasteiger partial charge in [-0.25, -0.2) is 14.8 Å².